The molecule has 0 unspecified atom stereocenters. The van der Waals surface area contributed by atoms with Crippen molar-refractivity contribution in [3.8, 4) is 0 Å². The number of carbonyl (C=O) groups excluding carboxylic acids is 2. The molecular formula is C24H27F3N4O3. The molecule has 1 fully saturated rings. The number of carbonyl (C=O) groups is 2. The fourth-order valence-corrected chi connectivity index (χ4v) is 4.34. The number of anilines is 2. The maximum atomic E-state index is 12.7. The van der Waals surface area contributed by atoms with E-state index >= 15 is 0 Å². The van der Waals surface area contributed by atoms with E-state index in [2.05, 4.69) is 45.7 Å². The molecular weight excluding hydrogens is 449 g/mol. The third-order valence-corrected chi connectivity index (χ3v) is 6.23. The number of nitrogens with one attached hydrogen (secondary N) is 2. The molecule has 2 aromatic carbocycles. The topological polar surface area (TPSA) is 73.9 Å². The van der Waals surface area contributed by atoms with E-state index in [0.29, 0.717) is 26.3 Å². The van der Waals surface area contributed by atoms with Crippen LogP contribution in [0.2, 0.25) is 0 Å². The van der Waals surface area contributed by atoms with Gasteiger partial charge in [-0.1, -0.05) is 12.1 Å². The van der Waals surface area contributed by atoms with E-state index in [-0.39, 0.29) is 18.3 Å². The number of morpholine rings is 1. The van der Waals surface area contributed by atoms with E-state index in [1.807, 2.05) is 0 Å². The Hall–Kier alpha value is -3.11. The number of hydrogen-bond acceptors (Lipinski definition) is 5. The van der Waals surface area contributed by atoms with Gasteiger partial charge in [0.2, 0.25) is 0 Å². The molecule has 2 aromatic rings. The first-order chi connectivity index (χ1) is 16.2. The van der Waals surface area contributed by atoms with Crippen LogP contribution in [0.4, 0.5) is 24.5 Å². The van der Waals surface area contributed by atoms with Crippen molar-refractivity contribution >= 4 is 23.2 Å². The Morgan fingerprint density at radius 2 is 1.74 bits per heavy atom. The largest absolute Gasteiger partial charge is 0.416 e. The van der Waals surface area contributed by atoms with Gasteiger partial charge in [0.05, 0.1) is 24.8 Å². The molecule has 10 heteroatoms. The molecule has 0 aromatic heterocycles. The number of amides is 2. The van der Waals surface area contributed by atoms with Crippen molar-refractivity contribution in [1.82, 2.24) is 10.2 Å². The predicted molar refractivity (Wildman–Crippen MR) is 122 cm³/mol. The number of nitrogens with zero attached hydrogens (tertiary/aromatic N) is 2. The predicted octanol–water partition coefficient (Wildman–Crippen LogP) is 2.83. The first-order valence-electron chi connectivity index (χ1n) is 11.1. The summed E-state index contributed by atoms with van der Waals surface area (Å²) in [6.45, 7) is 3.76. The average Bonchev–Trinajstić information content (AvgIpc) is 3.19. The smallest absolute Gasteiger partial charge is 0.379 e. The Kier molecular flexibility index (Phi) is 7.08. The number of ether oxygens (including phenoxy) is 1. The van der Waals surface area contributed by atoms with Gasteiger partial charge in [-0.05, 0) is 47.9 Å². The summed E-state index contributed by atoms with van der Waals surface area (Å²) in [7, 11) is 2.06. The van der Waals surface area contributed by atoms with Gasteiger partial charge < -0.3 is 20.3 Å². The number of fused-ring (bicyclic) bond motifs is 1. The first kappa shape index (κ1) is 24.0. The van der Waals surface area contributed by atoms with Crippen LogP contribution in [0.25, 0.3) is 0 Å². The van der Waals surface area contributed by atoms with Crippen molar-refractivity contribution < 1.29 is 27.5 Å². The molecule has 2 aliphatic heterocycles. The lowest BCUT2D eigenvalue weighted by Gasteiger charge is -2.35. The van der Waals surface area contributed by atoms with Crippen LogP contribution in [0.1, 0.15) is 22.7 Å². The first-order valence-corrected chi connectivity index (χ1v) is 11.1. The van der Waals surface area contributed by atoms with Gasteiger partial charge in [0, 0.05) is 44.6 Å². The molecule has 4 rings (SSSR count). The maximum Gasteiger partial charge on any atom is 0.416 e. The van der Waals surface area contributed by atoms with E-state index in [4.69, 9.17) is 4.74 Å². The summed E-state index contributed by atoms with van der Waals surface area (Å²) in [4.78, 5) is 29.2. The summed E-state index contributed by atoms with van der Waals surface area (Å²) in [6, 6.07) is 10.1. The van der Waals surface area contributed by atoms with Gasteiger partial charge in [-0.25, -0.2) is 0 Å². The fourth-order valence-electron chi connectivity index (χ4n) is 4.34. The highest BCUT2D eigenvalue weighted by Gasteiger charge is 2.30. The van der Waals surface area contributed by atoms with Crippen LogP contribution in [0.3, 0.4) is 0 Å². The maximum absolute atomic E-state index is 12.7. The lowest BCUT2D eigenvalue weighted by atomic mass is 10.0. The SMILES string of the molecule is CN1CCc2cc([C@H](CNC(=O)C(=O)Nc3ccc(C(F)(F)F)cc3)N3CCOCC3)ccc21. The fraction of sp³-hybridized carbons (Fsp3) is 0.417. The lowest BCUT2D eigenvalue weighted by Crippen LogP contribution is -2.45. The molecule has 7 nitrogen and oxygen atoms in total. The summed E-state index contributed by atoms with van der Waals surface area (Å²) < 4.78 is 43.6. The Morgan fingerprint density at radius 1 is 1.03 bits per heavy atom. The molecule has 2 amide bonds. The monoisotopic (exact) mass is 476 g/mol. The van der Waals surface area contributed by atoms with Crippen LogP contribution in [0, 0.1) is 0 Å². The molecule has 0 radical (unpaired) electrons. The van der Waals surface area contributed by atoms with Gasteiger partial charge >= 0.3 is 18.0 Å². The van der Waals surface area contributed by atoms with Gasteiger partial charge in [-0.2, -0.15) is 13.2 Å². The van der Waals surface area contributed by atoms with Crippen LogP contribution in [0.5, 0.6) is 0 Å². The van der Waals surface area contributed by atoms with Crippen molar-refractivity contribution in [3.63, 3.8) is 0 Å². The van der Waals surface area contributed by atoms with Crippen molar-refractivity contribution in [2.45, 2.75) is 18.6 Å². The Bertz CT molecular complexity index is 1040. The standard InChI is InChI=1S/C24H27F3N4O3/c1-30-9-8-17-14-16(2-7-20(17)30)21(31-10-12-34-13-11-31)15-28-22(32)23(33)29-19-5-3-18(4-6-19)24(25,26)27/h2-7,14,21H,8-13,15H2,1H3,(H,28,32)(H,29,33)/t21-/m0/s1. The molecule has 0 bridgehead atoms. The normalized spacial score (nSPS) is 17.2. The molecule has 1 saturated heterocycles. The second-order valence-corrected chi connectivity index (χ2v) is 8.46. The summed E-state index contributed by atoms with van der Waals surface area (Å²) in [5.74, 6) is -1.78. The van der Waals surface area contributed by atoms with Crippen molar-refractivity contribution in [2.24, 2.45) is 0 Å². The summed E-state index contributed by atoms with van der Waals surface area (Å²) >= 11 is 0. The number of alkyl halides is 3. The molecule has 1 atom stereocenters. The quantitative estimate of drug-likeness (QED) is 0.650. The second kappa shape index (κ2) is 10.0. The minimum atomic E-state index is -4.47. The van der Waals surface area contributed by atoms with Gasteiger partial charge in [-0.15, -0.1) is 0 Å². The molecule has 2 heterocycles. The summed E-state index contributed by atoms with van der Waals surface area (Å²) in [5, 5.41) is 5.03. The van der Waals surface area contributed by atoms with Crippen molar-refractivity contribution in [2.75, 3.05) is 56.7 Å². The van der Waals surface area contributed by atoms with Crippen LogP contribution in [-0.2, 0) is 26.9 Å². The number of benzene rings is 2. The number of hydrogen-bond donors (Lipinski definition) is 2. The van der Waals surface area contributed by atoms with Gasteiger partial charge in [0.25, 0.3) is 0 Å². The molecule has 0 aliphatic carbocycles. The summed E-state index contributed by atoms with van der Waals surface area (Å²) in [5.41, 5.74) is 2.79. The number of likely N-dealkylation sites (N-methyl/N-ethyl adjacent to an activating group) is 1. The van der Waals surface area contributed by atoms with E-state index in [9.17, 15) is 22.8 Å². The highest BCUT2D eigenvalue weighted by molar-refractivity contribution is 6.39. The molecule has 182 valence electrons. The number of halogens is 3. The number of rotatable bonds is 5. The minimum Gasteiger partial charge on any atom is -0.379 e. The molecule has 2 aliphatic rings. The zero-order valence-corrected chi connectivity index (χ0v) is 18.8. The second-order valence-electron chi connectivity index (χ2n) is 8.46. The zero-order valence-electron chi connectivity index (χ0n) is 18.8. The van der Waals surface area contributed by atoms with Gasteiger partial charge in [0.1, 0.15) is 0 Å². The van der Waals surface area contributed by atoms with Gasteiger partial charge in [0.15, 0.2) is 0 Å². The Balaban J connectivity index is 1.41. The van der Waals surface area contributed by atoms with Crippen molar-refractivity contribution in [1.29, 1.82) is 0 Å². The van der Waals surface area contributed by atoms with E-state index in [0.717, 1.165) is 42.8 Å². The van der Waals surface area contributed by atoms with Crippen LogP contribution in [0.15, 0.2) is 42.5 Å². The highest BCUT2D eigenvalue weighted by atomic mass is 19.4. The van der Waals surface area contributed by atoms with E-state index in [1.165, 1.54) is 11.3 Å². The van der Waals surface area contributed by atoms with Crippen LogP contribution >= 0.6 is 0 Å². The third-order valence-electron chi connectivity index (χ3n) is 6.23. The molecule has 0 spiro atoms. The molecule has 2 N–H and O–H groups in total. The Labute approximate surface area is 195 Å². The van der Waals surface area contributed by atoms with Crippen LogP contribution < -0.4 is 15.5 Å². The lowest BCUT2D eigenvalue weighted by molar-refractivity contribution is -0.137. The molecule has 0 saturated carbocycles. The zero-order chi connectivity index (χ0) is 24.3. The minimum absolute atomic E-state index is 0.112. The average molecular weight is 476 g/mol. The van der Waals surface area contributed by atoms with Gasteiger partial charge in [-0.3, -0.25) is 14.5 Å². The summed E-state index contributed by atoms with van der Waals surface area (Å²) in [6.07, 6.45) is -3.52. The van der Waals surface area contributed by atoms with Crippen LogP contribution in [-0.4, -0.2) is 63.2 Å². The molecule has 34 heavy (non-hydrogen) atoms. The van der Waals surface area contributed by atoms with Crippen molar-refractivity contribution in [3.05, 3.63) is 59.2 Å². The third kappa shape index (κ3) is 5.51. The highest BCUT2D eigenvalue weighted by Crippen LogP contribution is 2.32. The Morgan fingerprint density at radius 3 is 2.41 bits per heavy atom. The van der Waals surface area contributed by atoms with E-state index < -0.39 is 23.6 Å². The van der Waals surface area contributed by atoms with E-state index in [1.54, 1.807) is 0 Å².